The third-order valence-electron chi connectivity index (χ3n) is 4.50. The molecule has 0 aliphatic rings. The van der Waals surface area contributed by atoms with E-state index < -0.39 is 29.2 Å². The van der Waals surface area contributed by atoms with Crippen LogP contribution < -0.4 is 4.74 Å². The first-order valence-electron chi connectivity index (χ1n) is 11.5. The van der Waals surface area contributed by atoms with E-state index in [0.717, 1.165) is 20.9 Å². The van der Waals surface area contributed by atoms with Crippen LogP contribution in [0.15, 0.2) is 88.7 Å². The molecule has 0 saturated heterocycles. The Kier molecular flexibility index (Phi) is 8.28. The van der Waals surface area contributed by atoms with Gasteiger partial charge < -0.3 is 14.2 Å². The van der Waals surface area contributed by atoms with Crippen molar-refractivity contribution in [2.45, 2.75) is 68.6 Å². The second-order valence-corrected chi connectivity index (χ2v) is 11.1. The smallest absolute Gasteiger partial charge is 0.359 e. The number of esters is 2. The molecular weight excluding hydrogens is 460 g/mol. The molecule has 3 rings (SSSR count). The van der Waals surface area contributed by atoms with Crippen molar-refractivity contribution in [3.63, 3.8) is 0 Å². The molecule has 0 atom stereocenters. The summed E-state index contributed by atoms with van der Waals surface area (Å²) in [4.78, 5) is 27.9. The minimum absolute atomic E-state index is 0.365. The van der Waals surface area contributed by atoms with Crippen molar-refractivity contribution in [3.8, 4) is 16.9 Å². The molecule has 0 spiro atoms. The fourth-order valence-corrected chi connectivity index (χ4v) is 4.18. The molecule has 0 aromatic heterocycles. The SMILES string of the molecule is CC(C)(C)OC(=O)C(Oc1cccc(-c2ccccc2Sc2ccccc2)c1)C(=O)OC(C)(C)C. The summed E-state index contributed by atoms with van der Waals surface area (Å²) in [7, 11) is 0. The Morgan fingerprint density at radius 1 is 0.714 bits per heavy atom. The molecule has 0 unspecified atom stereocenters. The number of carbonyl (C=O) groups excluding carboxylic acids is 2. The predicted octanol–water partition coefficient (Wildman–Crippen LogP) is 6.94. The summed E-state index contributed by atoms with van der Waals surface area (Å²) in [6, 6.07) is 25.5. The zero-order valence-corrected chi connectivity index (χ0v) is 21.8. The lowest BCUT2D eigenvalue weighted by Gasteiger charge is -2.26. The van der Waals surface area contributed by atoms with Gasteiger partial charge in [-0.1, -0.05) is 60.3 Å². The van der Waals surface area contributed by atoms with Gasteiger partial charge in [-0.05, 0) is 83.0 Å². The highest BCUT2D eigenvalue weighted by molar-refractivity contribution is 7.99. The van der Waals surface area contributed by atoms with Crippen LogP contribution in [0.5, 0.6) is 5.75 Å². The molecular formula is C29H32O5S. The molecule has 0 bridgehead atoms. The molecule has 3 aromatic carbocycles. The van der Waals surface area contributed by atoms with Crippen LogP contribution in [0.25, 0.3) is 11.1 Å². The first-order valence-corrected chi connectivity index (χ1v) is 12.3. The van der Waals surface area contributed by atoms with Crippen LogP contribution in [0, 0.1) is 0 Å². The summed E-state index contributed by atoms with van der Waals surface area (Å²) < 4.78 is 16.8. The monoisotopic (exact) mass is 492 g/mol. The molecule has 0 N–H and O–H groups in total. The predicted molar refractivity (Wildman–Crippen MR) is 139 cm³/mol. The maximum atomic E-state index is 12.9. The number of rotatable bonds is 7. The third-order valence-corrected chi connectivity index (χ3v) is 5.58. The van der Waals surface area contributed by atoms with Crippen molar-refractivity contribution in [1.29, 1.82) is 0 Å². The molecule has 0 saturated carbocycles. The topological polar surface area (TPSA) is 61.8 Å². The molecule has 0 aliphatic heterocycles. The number of hydrogen-bond acceptors (Lipinski definition) is 6. The van der Waals surface area contributed by atoms with Gasteiger partial charge in [-0.25, -0.2) is 9.59 Å². The molecule has 0 amide bonds. The van der Waals surface area contributed by atoms with E-state index in [9.17, 15) is 9.59 Å². The van der Waals surface area contributed by atoms with Gasteiger partial charge in [0, 0.05) is 9.79 Å². The van der Waals surface area contributed by atoms with Crippen molar-refractivity contribution < 1.29 is 23.8 Å². The molecule has 3 aromatic rings. The van der Waals surface area contributed by atoms with Crippen LogP contribution >= 0.6 is 11.8 Å². The van der Waals surface area contributed by atoms with Gasteiger partial charge in [0.05, 0.1) is 0 Å². The van der Waals surface area contributed by atoms with E-state index in [2.05, 4.69) is 18.2 Å². The molecule has 35 heavy (non-hydrogen) atoms. The second kappa shape index (κ2) is 11.0. The molecule has 6 heteroatoms. The van der Waals surface area contributed by atoms with Gasteiger partial charge in [-0.15, -0.1) is 0 Å². The van der Waals surface area contributed by atoms with Crippen LogP contribution in [0.4, 0.5) is 0 Å². The van der Waals surface area contributed by atoms with E-state index >= 15 is 0 Å². The normalized spacial score (nSPS) is 11.7. The van der Waals surface area contributed by atoms with Gasteiger partial charge in [-0.3, -0.25) is 0 Å². The highest BCUT2D eigenvalue weighted by Crippen LogP contribution is 2.37. The zero-order valence-electron chi connectivity index (χ0n) is 21.0. The molecule has 5 nitrogen and oxygen atoms in total. The van der Waals surface area contributed by atoms with Crippen molar-refractivity contribution >= 4 is 23.7 Å². The summed E-state index contributed by atoms with van der Waals surface area (Å²) in [6.45, 7) is 10.4. The van der Waals surface area contributed by atoms with Crippen LogP contribution in [0.3, 0.4) is 0 Å². The minimum Gasteiger partial charge on any atom is -0.467 e. The number of hydrogen-bond donors (Lipinski definition) is 0. The summed E-state index contributed by atoms with van der Waals surface area (Å²) in [5.41, 5.74) is 0.346. The van der Waals surface area contributed by atoms with Crippen molar-refractivity contribution in [2.24, 2.45) is 0 Å². The summed E-state index contributed by atoms with van der Waals surface area (Å²) in [6.07, 6.45) is -1.54. The van der Waals surface area contributed by atoms with Gasteiger partial charge in [0.25, 0.3) is 6.10 Å². The Morgan fingerprint density at radius 3 is 1.89 bits per heavy atom. The first kappa shape index (κ1) is 26.4. The molecule has 0 heterocycles. The second-order valence-electron chi connectivity index (χ2n) is 10.0. The Hall–Kier alpha value is -3.25. The summed E-state index contributed by atoms with van der Waals surface area (Å²) >= 11 is 1.66. The first-order chi connectivity index (χ1) is 16.4. The fraction of sp³-hybridized carbons (Fsp3) is 0.310. The zero-order chi connectivity index (χ0) is 25.6. The van der Waals surface area contributed by atoms with Crippen molar-refractivity contribution in [3.05, 3.63) is 78.9 Å². The summed E-state index contributed by atoms with van der Waals surface area (Å²) in [5, 5.41) is 0. The number of benzene rings is 3. The van der Waals surface area contributed by atoms with Gasteiger partial charge >= 0.3 is 11.9 Å². The average molecular weight is 493 g/mol. The quantitative estimate of drug-likeness (QED) is 0.263. The number of carbonyl (C=O) groups is 2. The van der Waals surface area contributed by atoms with E-state index in [1.165, 1.54) is 0 Å². The lowest BCUT2D eigenvalue weighted by Crippen LogP contribution is -2.44. The van der Waals surface area contributed by atoms with Crippen LogP contribution in [-0.2, 0) is 19.1 Å². The van der Waals surface area contributed by atoms with E-state index in [1.807, 2.05) is 54.6 Å². The molecule has 0 fully saturated rings. The highest BCUT2D eigenvalue weighted by Gasteiger charge is 2.37. The van der Waals surface area contributed by atoms with Gasteiger partial charge in [0.15, 0.2) is 0 Å². The Labute approximate surface area is 211 Å². The standard InChI is InChI=1S/C29H32O5S/c1-28(2,3)33-26(30)25(27(31)34-29(4,5)6)32-21-14-12-13-20(19-21)23-17-10-11-18-24(23)35-22-15-8-7-9-16-22/h7-19,25H,1-6H3. The highest BCUT2D eigenvalue weighted by atomic mass is 32.2. The van der Waals surface area contributed by atoms with Crippen molar-refractivity contribution in [2.75, 3.05) is 0 Å². The van der Waals surface area contributed by atoms with Crippen LogP contribution in [0.1, 0.15) is 41.5 Å². The maximum absolute atomic E-state index is 12.9. The number of ether oxygens (including phenoxy) is 3. The Morgan fingerprint density at radius 2 is 1.29 bits per heavy atom. The molecule has 0 aliphatic carbocycles. The van der Waals surface area contributed by atoms with Gasteiger partial charge in [-0.2, -0.15) is 0 Å². The van der Waals surface area contributed by atoms with Gasteiger partial charge in [0.2, 0.25) is 0 Å². The molecule has 0 radical (unpaired) electrons. The van der Waals surface area contributed by atoms with E-state index in [-0.39, 0.29) is 0 Å². The Bertz CT molecular complexity index is 1130. The lowest BCUT2D eigenvalue weighted by atomic mass is 10.1. The van der Waals surface area contributed by atoms with Gasteiger partial charge in [0.1, 0.15) is 17.0 Å². The van der Waals surface area contributed by atoms with Crippen LogP contribution in [0.2, 0.25) is 0 Å². The third kappa shape index (κ3) is 8.18. The van der Waals surface area contributed by atoms with E-state index in [1.54, 1.807) is 59.4 Å². The van der Waals surface area contributed by atoms with Crippen LogP contribution in [-0.4, -0.2) is 29.2 Å². The maximum Gasteiger partial charge on any atom is 0.359 e. The lowest BCUT2D eigenvalue weighted by molar-refractivity contribution is -0.179. The summed E-state index contributed by atoms with van der Waals surface area (Å²) in [5.74, 6) is -1.22. The minimum atomic E-state index is -1.54. The van der Waals surface area contributed by atoms with E-state index in [4.69, 9.17) is 14.2 Å². The van der Waals surface area contributed by atoms with E-state index in [0.29, 0.717) is 5.75 Å². The fourth-order valence-electron chi connectivity index (χ4n) is 3.19. The van der Waals surface area contributed by atoms with Crippen molar-refractivity contribution in [1.82, 2.24) is 0 Å². The largest absolute Gasteiger partial charge is 0.467 e. The Balaban J connectivity index is 1.90. The molecule has 184 valence electrons. The average Bonchev–Trinajstić information content (AvgIpc) is 2.76.